The molecule has 0 saturated heterocycles. The zero-order chi connectivity index (χ0) is 27.3. The summed E-state index contributed by atoms with van der Waals surface area (Å²) < 4.78 is 21.5. The second-order valence-corrected chi connectivity index (χ2v) is 7.91. The maximum atomic E-state index is 12.6. The molecule has 0 aliphatic carbocycles. The molecule has 0 bridgehead atoms. The number of anilines is 1. The third-order valence-electron chi connectivity index (χ3n) is 5.16. The van der Waals surface area contributed by atoms with Crippen molar-refractivity contribution in [3.8, 4) is 23.0 Å². The highest BCUT2D eigenvalue weighted by atomic mass is 16.6. The van der Waals surface area contributed by atoms with E-state index < -0.39 is 17.8 Å². The topological polar surface area (TPSA) is 125 Å². The van der Waals surface area contributed by atoms with Crippen LogP contribution in [0.25, 0.3) is 0 Å². The van der Waals surface area contributed by atoms with Gasteiger partial charge in [-0.3, -0.25) is 9.59 Å². The van der Waals surface area contributed by atoms with Crippen LogP contribution in [0.5, 0.6) is 23.0 Å². The van der Waals surface area contributed by atoms with Crippen molar-refractivity contribution in [2.45, 2.75) is 19.8 Å². The number of carbonyl (C=O) groups excluding carboxylic acids is 3. The number of benzene rings is 3. The van der Waals surface area contributed by atoms with Gasteiger partial charge in [0.15, 0.2) is 11.5 Å². The van der Waals surface area contributed by atoms with Gasteiger partial charge in [0.25, 0.3) is 0 Å². The van der Waals surface area contributed by atoms with Crippen molar-refractivity contribution in [3.05, 3.63) is 77.9 Å². The van der Waals surface area contributed by atoms with Gasteiger partial charge in [0.2, 0.25) is 0 Å². The van der Waals surface area contributed by atoms with Crippen molar-refractivity contribution in [3.63, 3.8) is 0 Å². The van der Waals surface area contributed by atoms with E-state index in [1.807, 2.05) is 0 Å². The first-order valence-corrected chi connectivity index (χ1v) is 11.8. The van der Waals surface area contributed by atoms with Crippen LogP contribution in [0.1, 0.15) is 35.7 Å². The van der Waals surface area contributed by atoms with E-state index in [-0.39, 0.29) is 11.5 Å². The molecule has 2 N–H and O–H groups in total. The third-order valence-corrected chi connectivity index (χ3v) is 5.16. The molecule has 0 fully saturated rings. The Balaban J connectivity index is 1.56. The van der Waals surface area contributed by atoms with Crippen LogP contribution in [0, 0.1) is 0 Å². The number of hydrogen-bond acceptors (Lipinski definition) is 8. The van der Waals surface area contributed by atoms with Crippen LogP contribution < -0.4 is 29.7 Å². The highest BCUT2D eigenvalue weighted by Crippen LogP contribution is 2.28. The van der Waals surface area contributed by atoms with Crippen molar-refractivity contribution in [2.24, 2.45) is 5.10 Å². The molecule has 0 saturated carbocycles. The van der Waals surface area contributed by atoms with E-state index in [9.17, 15) is 14.4 Å². The SMILES string of the molecule is CCCCOc1ccc(C(=O)Oc2ccc(/C=N\NC(=O)C(=O)Nc3cccc(OC)c3)cc2OC)cc1. The summed E-state index contributed by atoms with van der Waals surface area (Å²) in [5.41, 5.74) is 3.45. The number of rotatable bonds is 11. The molecule has 0 unspecified atom stereocenters. The van der Waals surface area contributed by atoms with Crippen LogP contribution >= 0.6 is 0 Å². The lowest BCUT2D eigenvalue weighted by Crippen LogP contribution is -2.32. The van der Waals surface area contributed by atoms with Crippen molar-refractivity contribution >= 4 is 29.7 Å². The number of ether oxygens (including phenoxy) is 4. The number of esters is 1. The Morgan fingerprint density at radius 3 is 2.37 bits per heavy atom. The number of methoxy groups -OCH3 is 2. The van der Waals surface area contributed by atoms with Gasteiger partial charge >= 0.3 is 17.8 Å². The van der Waals surface area contributed by atoms with E-state index in [0.717, 1.165) is 12.8 Å². The Bertz CT molecular complexity index is 1290. The normalized spacial score (nSPS) is 10.5. The van der Waals surface area contributed by atoms with Gasteiger partial charge < -0.3 is 24.3 Å². The van der Waals surface area contributed by atoms with E-state index >= 15 is 0 Å². The molecule has 0 spiro atoms. The summed E-state index contributed by atoms with van der Waals surface area (Å²) in [6, 6.07) is 18.0. The summed E-state index contributed by atoms with van der Waals surface area (Å²) >= 11 is 0. The van der Waals surface area contributed by atoms with Crippen LogP contribution in [0.4, 0.5) is 5.69 Å². The third kappa shape index (κ3) is 8.09. The van der Waals surface area contributed by atoms with Gasteiger partial charge in [0.05, 0.1) is 32.6 Å². The van der Waals surface area contributed by atoms with E-state index in [0.29, 0.717) is 34.9 Å². The maximum Gasteiger partial charge on any atom is 0.343 e. The number of nitrogens with one attached hydrogen (secondary N) is 2. The fraction of sp³-hybridized carbons (Fsp3) is 0.214. The van der Waals surface area contributed by atoms with Gasteiger partial charge in [-0.1, -0.05) is 19.4 Å². The predicted molar refractivity (Wildman–Crippen MR) is 142 cm³/mol. The molecular formula is C28H29N3O7. The maximum absolute atomic E-state index is 12.6. The number of amides is 2. The van der Waals surface area contributed by atoms with E-state index in [4.69, 9.17) is 18.9 Å². The number of carbonyl (C=O) groups is 3. The molecule has 0 radical (unpaired) electrons. The van der Waals surface area contributed by atoms with Crippen LogP contribution in [-0.2, 0) is 9.59 Å². The molecule has 38 heavy (non-hydrogen) atoms. The average molecular weight is 520 g/mol. The van der Waals surface area contributed by atoms with Gasteiger partial charge in [0, 0.05) is 11.8 Å². The summed E-state index contributed by atoms with van der Waals surface area (Å²) in [6.45, 7) is 2.70. The first-order chi connectivity index (χ1) is 18.4. The lowest BCUT2D eigenvalue weighted by atomic mass is 10.2. The minimum Gasteiger partial charge on any atom is -0.497 e. The number of nitrogens with zero attached hydrogens (tertiary/aromatic N) is 1. The monoisotopic (exact) mass is 519 g/mol. The highest BCUT2D eigenvalue weighted by Gasteiger charge is 2.15. The Kier molecular flexibility index (Phi) is 10.2. The predicted octanol–water partition coefficient (Wildman–Crippen LogP) is 4.19. The van der Waals surface area contributed by atoms with Crippen LogP contribution in [0.15, 0.2) is 71.8 Å². The molecular weight excluding hydrogens is 490 g/mol. The molecule has 10 heteroatoms. The largest absolute Gasteiger partial charge is 0.497 e. The lowest BCUT2D eigenvalue weighted by Gasteiger charge is -2.10. The van der Waals surface area contributed by atoms with E-state index in [1.165, 1.54) is 26.5 Å². The summed E-state index contributed by atoms with van der Waals surface area (Å²) in [6.07, 6.45) is 3.31. The smallest absolute Gasteiger partial charge is 0.343 e. The molecule has 3 rings (SSSR count). The van der Waals surface area contributed by atoms with Crippen LogP contribution in [0.3, 0.4) is 0 Å². The standard InChI is InChI=1S/C28H29N3O7/c1-4-5-15-37-22-12-10-20(11-13-22)28(34)38-24-14-9-19(16-25(24)36-3)18-29-31-27(33)26(32)30-21-7-6-8-23(17-21)35-2/h6-14,16-18H,4-5,15H2,1-3H3,(H,30,32)(H,31,33)/b29-18-. The van der Waals surface area contributed by atoms with Gasteiger partial charge in [-0.2, -0.15) is 5.10 Å². The fourth-order valence-electron chi connectivity index (χ4n) is 3.13. The quantitative estimate of drug-likeness (QED) is 0.0972. The average Bonchev–Trinajstić information content (AvgIpc) is 2.94. The van der Waals surface area contributed by atoms with Crippen molar-refractivity contribution < 1.29 is 33.3 Å². The second-order valence-electron chi connectivity index (χ2n) is 7.91. The molecule has 0 heterocycles. The summed E-state index contributed by atoms with van der Waals surface area (Å²) in [7, 11) is 2.93. The van der Waals surface area contributed by atoms with Gasteiger partial charge in [-0.15, -0.1) is 0 Å². The lowest BCUT2D eigenvalue weighted by molar-refractivity contribution is -0.136. The molecule has 10 nitrogen and oxygen atoms in total. The van der Waals surface area contributed by atoms with Gasteiger partial charge in [-0.05, 0) is 66.6 Å². The van der Waals surface area contributed by atoms with Crippen molar-refractivity contribution in [2.75, 3.05) is 26.1 Å². The van der Waals surface area contributed by atoms with Crippen LogP contribution in [0.2, 0.25) is 0 Å². The van der Waals surface area contributed by atoms with Crippen LogP contribution in [-0.4, -0.2) is 44.8 Å². The second kappa shape index (κ2) is 14.0. The minimum atomic E-state index is -0.955. The zero-order valence-corrected chi connectivity index (χ0v) is 21.4. The Morgan fingerprint density at radius 2 is 1.66 bits per heavy atom. The van der Waals surface area contributed by atoms with E-state index in [2.05, 4.69) is 22.8 Å². The molecule has 2 amide bonds. The molecule has 3 aromatic rings. The number of hydrogen-bond donors (Lipinski definition) is 2. The minimum absolute atomic E-state index is 0.208. The summed E-state index contributed by atoms with van der Waals surface area (Å²) in [5.74, 6) is -0.697. The summed E-state index contributed by atoms with van der Waals surface area (Å²) in [5, 5.41) is 6.26. The van der Waals surface area contributed by atoms with Gasteiger partial charge in [0.1, 0.15) is 11.5 Å². The molecule has 0 aromatic heterocycles. The summed E-state index contributed by atoms with van der Waals surface area (Å²) in [4.78, 5) is 36.7. The van der Waals surface area contributed by atoms with Gasteiger partial charge in [-0.25, -0.2) is 10.2 Å². The highest BCUT2D eigenvalue weighted by molar-refractivity contribution is 6.39. The molecule has 0 atom stereocenters. The first kappa shape index (κ1) is 27.7. The Morgan fingerprint density at radius 1 is 0.868 bits per heavy atom. The Hall–Kier alpha value is -4.86. The zero-order valence-electron chi connectivity index (χ0n) is 21.4. The van der Waals surface area contributed by atoms with Crippen molar-refractivity contribution in [1.82, 2.24) is 5.43 Å². The van der Waals surface area contributed by atoms with E-state index in [1.54, 1.807) is 60.7 Å². The molecule has 198 valence electrons. The number of unbranched alkanes of at least 4 members (excludes halogenated alkanes) is 1. The first-order valence-electron chi connectivity index (χ1n) is 11.8. The fourth-order valence-corrected chi connectivity index (χ4v) is 3.13. The Labute approximate surface area is 220 Å². The number of hydrazone groups is 1. The molecule has 0 aliphatic heterocycles. The molecule has 0 aliphatic rings. The molecule has 3 aromatic carbocycles. The van der Waals surface area contributed by atoms with Crippen molar-refractivity contribution in [1.29, 1.82) is 0 Å².